The number of hydrogen-bond donors (Lipinski definition) is 2. The average Bonchev–Trinajstić information content (AvgIpc) is 3.14. The van der Waals surface area contributed by atoms with E-state index in [0.717, 1.165) is 39.1 Å². The van der Waals surface area contributed by atoms with Gasteiger partial charge in [0.05, 0.1) is 39.7 Å². The van der Waals surface area contributed by atoms with E-state index in [2.05, 4.69) is 0 Å². The number of esters is 1. The zero-order chi connectivity index (χ0) is 21.7. The topological polar surface area (TPSA) is 107 Å². The number of nitrogens with two attached hydrogens (primary N) is 1. The Balaban J connectivity index is 1.68. The largest absolute Gasteiger partial charge is 0.458 e. The van der Waals surface area contributed by atoms with Gasteiger partial charge in [0.2, 0.25) is 0 Å². The second-order valence-corrected chi connectivity index (χ2v) is 9.63. The quantitative estimate of drug-likeness (QED) is 0.335. The molecule has 1 aromatic carbocycles. The Morgan fingerprint density at radius 1 is 1.32 bits per heavy atom. The van der Waals surface area contributed by atoms with Gasteiger partial charge in [0, 0.05) is 27.2 Å². The van der Waals surface area contributed by atoms with Crippen molar-refractivity contribution in [3.05, 3.63) is 49.8 Å². The summed E-state index contributed by atoms with van der Waals surface area (Å²) < 4.78 is 6.80. The number of nitrogen functional groups attached to an aromatic ring is 1. The van der Waals surface area contributed by atoms with Crippen molar-refractivity contribution < 1.29 is 14.6 Å². The van der Waals surface area contributed by atoms with Gasteiger partial charge in [-0.25, -0.2) is 9.78 Å². The monoisotopic (exact) mass is 455 g/mol. The Morgan fingerprint density at radius 3 is 2.90 bits per heavy atom. The molecule has 0 saturated carbocycles. The third-order valence-corrected chi connectivity index (χ3v) is 8.07. The predicted octanol–water partition coefficient (Wildman–Crippen LogP) is 2.96. The molecule has 3 aromatic rings. The van der Waals surface area contributed by atoms with Crippen LogP contribution in [0.3, 0.4) is 0 Å². The first kappa shape index (κ1) is 19.2. The number of fused-ring (bicyclic) bond motifs is 5. The highest BCUT2D eigenvalue weighted by Gasteiger charge is 2.45. The molecule has 7 nitrogen and oxygen atoms in total. The molecule has 0 bridgehead atoms. The maximum Gasteiger partial charge on any atom is 0.343 e. The van der Waals surface area contributed by atoms with Crippen LogP contribution in [0.15, 0.2) is 21.8 Å². The van der Waals surface area contributed by atoms with E-state index in [1.165, 1.54) is 0 Å². The fourth-order valence-corrected chi connectivity index (χ4v) is 6.37. The molecule has 9 heteroatoms. The van der Waals surface area contributed by atoms with E-state index in [9.17, 15) is 14.7 Å². The standard InChI is InChI=1S/C22H18ClN3O4S/c1-2-22(29)12-5-15-18-10(7-26(15)20(27)11(12)8-30-21(22)28)9-3-4-31-19-16(9)14(25-18)6-13(23)17(19)24/h5-6,29H,2-4,7-8,24H2,1H3/t22-/m0/s1. The summed E-state index contributed by atoms with van der Waals surface area (Å²) in [5, 5.41) is 12.5. The van der Waals surface area contributed by atoms with E-state index in [0.29, 0.717) is 39.8 Å². The number of nitrogens with zero attached hydrogens (tertiary/aromatic N) is 2. The lowest BCUT2D eigenvalue weighted by Crippen LogP contribution is -2.44. The molecule has 0 amide bonds. The van der Waals surface area contributed by atoms with Gasteiger partial charge in [0.1, 0.15) is 6.61 Å². The molecular weight excluding hydrogens is 438 g/mol. The molecule has 0 spiro atoms. The average molecular weight is 456 g/mol. The number of hydrogen-bond acceptors (Lipinski definition) is 7. The molecule has 31 heavy (non-hydrogen) atoms. The van der Waals surface area contributed by atoms with Crippen LogP contribution in [0, 0.1) is 0 Å². The van der Waals surface area contributed by atoms with Gasteiger partial charge in [-0.1, -0.05) is 18.5 Å². The summed E-state index contributed by atoms with van der Waals surface area (Å²) >= 11 is 8.05. The number of aryl methyl sites for hydroxylation is 1. The zero-order valence-corrected chi connectivity index (χ0v) is 18.2. The molecule has 0 radical (unpaired) electrons. The van der Waals surface area contributed by atoms with Crippen molar-refractivity contribution in [3.63, 3.8) is 0 Å². The van der Waals surface area contributed by atoms with Crippen LogP contribution in [0.4, 0.5) is 5.69 Å². The van der Waals surface area contributed by atoms with Gasteiger partial charge in [-0.2, -0.15) is 0 Å². The number of thioether (sulfide) groups is 1. The molecular formula is C22H18ClN3O4S. The molecule has 5 heterocycles. The first-order chi connectivity index (χ1) is 14.8. The van der Waals surface area contributed by atoms with Crippen LogP contribution in [0.1, 0.15) is 35.6 Å². The summed E-state index contributed by atoms with van der Waals surface area (Å²) in [4.78, 5) is 31.5. The van der Waals surface area contributed by atoms with Gasteiger partial charge < -0.3 is 20.1 Å². The second-order valence-electron chi connectivity index (χ2n) is 8.11. The number of anilines is 1. The van der Waals surface area contributed by atoms with Crippen molar-refractivity contribution in [3.8, 4) is 11.4 Å². The summed E-state index contributed by atoms with van der Waals surface area (Å²) in [5.74, 6) is 0.138. The van der Waals surface area contributed by atoms with Crippen LogP contribution in [-0.4, -0.2) is 26.4 Å². The molecule has 6 rings (SSSR count). The van der Waals surface area contributed by atoms with Crippen LogP contribution < -0.4 is 11.3 Å². The number of aliphatic hydroxyl groups is 1. The minimum atomic E-state index is -1.84. The van der Waals surface area contributed by atoms with Gasteiger partial charge in [0.15, 0.2) is 5.60 Å². The number of halogens is 1. The smallest absolute Gasteiger partial charge is 0.343 e. The third kappa shape index (κ3) is 2.32. The van der Waals surface area contributed by atoms with Crippen molar-refractivity contribution >= 4 is 45.9 Å². The number of rotatable bonds is 1. The highest BCUT2D eigenvalue weighted by atomic mass is 35.5. The minimum Gasteiger partial charge on any atom is -0.458 e. The van der Waals surface area contributed by atoms with E-state index in [-0.39, 0.29) is 18.6 Å². The van der Waals surface area contributed by atoms with Crippen molar-refractivity contribution in [1.29, 1.82) is 0 Å². The fraction of sp³-hybridized carbons (Fsp3) is 0.318. The van der Waals surface area contributed by atoms with Crippen LogP contribution in [0.2, 0.25) is 5.02 Å². The molecule has 158 valence electrons. The molecule has 3 aliphatic heterocycles. The van der Waals surface area contributed by atoms with E-state index in [4.69, 9.17) is 27.1 Å². The summed E-state index contributed by atoms with van der Waals surface area (Å²) in [6, 6.07) is 3.50. The van der Waals surface area contributed by atoms with Crippen molar-refractivity contribution in [1.82, 2.24) is 9.55 Å². The summed E-state index contributed by atoms with van der Waals surface area (Å²) in [6.45, 7) is 1.94. The van der Waals surface area contributed by atoms with Crippen molar-refractivity contribution in [2.45, 2.75) is 43.4 Å². The lowest BCUT2D eigenvalue weighted by Gasteiger charge is -2.31. The molecule has 0 fully saturated rings. The van der Waals surface area contributed by atoms with Crippen molar-refractivity contribution in [2.24, 2.45) is 0 Å². The summed E-state index contributed by atoms with van der Waals surface area (Å²) in [5.41, 5.74) is 9.51. The highest BCUT2D eigenvalue weighted by Crippen LogP contribution is 2.47. The predicted molar refractivity (Wildman–Crippen MR) is 118 cm³/mol. The first-order valence-electron chi connectivity index (χ1n) is 10.1. The van der Waals surface area contributed by atoms with Gasteiger partial charge in [-0.15, -0.1) is 11.8 Å². The molecule has 3 N–H and O–H groups in total. The fourth-order valence-electron chi connectivity index (χ4n) is 4.97. The second kappa shape index (κ2) is 6.25. The Hall–Kier alpha value is -2.55. The van der Waals surface area contributed by atoms with Crippen LogP contribution in [0.5, 0.6) is 0 Å². The van der Waals surface area contributed by atoms with E-state index in [1.54, 1.807) is 35.4 Å². The number of aromatic nitrogens is 2. The van der Waals surface area contributed by atoms with Crippen LogP contribution in [0.25, 0.3) is 22.3 Å². The molecule has 2 aromatic heterocycles. The molecule has 0 saturated heterocycles. The normalized spacial score (nSPS) is 20.9. The van der Waals surface area contributed by atoms with Crippen LogP contribution >= 0.6 is 23.4 Å². The van der Waals surface area contributed by atoms with E-state index < -0.39 is 11.6 Å². The highest BCUT2D eigenvalue weighted by molar-refractivity contribution is 7.99. The van der Waals surface area contributed by atoms with Crippen LogP contribution in [-0.2, 0) is 34.7 Å². The first-order valence-corrected chi connectivity index (χ1v) is 11.4. The van der Waals surface area contributed by atoms with Gasteiger partial charge in [-0.3, -0.25) is 4.79 Å². The SMILES string of the molecule is CC[C@@]1(O)C(=O)OCc2c1cc1n(c2=O)Cc2c-1nc1cc(Cl)c(N)c3c1c2CCS3. The lowest BCUT2D eigenvalue weighted by atomic mass is 9.86. The van der Waals surface area contributed by atoms with Gasteiger partial charge in [-0.05, 0) is 30.5 Å². The van der Waals surface area contributed by atoms with E-state index >= 15 is 0 Å². The number of carbonyl (C=O) groups excluding carboxylic acids is 1. The van der Waals surface area contributed by atoms with Crippen molar-refractivity contribution in [2.75, 3.05) is 11.5 Å². The molecule has 0 aliphatic carbocycles. The zero-order valence-electron chi connectivity index (χ0n) is 16.6. The summed E-state index contributed by atoms with van der Waals surface area (Å²) in [6.07, 6.45) is 0.948. The minimum absolute atomic E-state index is 0.112. The van der Waals surface area contributed by atoms with Gasteiger partial charge >= 0.3 is 5.97 Å². The van der Waals surface area contributed by atoms with E-state index in [1.807, 2.05) is 0 Å². The Labute approximate surface area is 186 Å². The third-order valence-electron chi connectivity index (χ3n) is 6.63. The number of pyridine rings is 2. The number of benzene rings is 1. The maximum absolute atomic E-state index is 13.4. The lowest BCUT2D eigenvalue weighted by molar-refractivity contribution is -0.172. The Morgan fingerprint density at radius 2 is 2.13 bits per heavy atom. The number of ether oxygens (including phenoxy) is 1. The Bertz CT molecular complexity index is 1420. The number of cyclic esters (lactones) is 1. The molecule has 0 unspecified atom stereocenters. The number of carbonyl (C=O) groups is 1. The summed E-state index contributed by atoms with van der Waals surface area (Å²) in [7, 11) is 0. The molecule has 3 aliphatic rings. The maximum atomic E-state index is 13.4. The van der Waals surface area contributed by atoms with Gasteiger partial charge in [0.25, 0.3) is 5.56 Å². The molecule has 1 atom stereocenters. The Kier molecular flexibility index (Phi) is 3.86.